The number of nitrogens with one attached hydrogen (secondary N) is 1. The standard InChI is InChI=1S/C21H25N3O3/c1-24(21(25)17-8-11-22-12-9-17)13-15-4-6-16(7-5-15)19-14-26-18-3-2-10-23-20(18)27-19/h2-7,10,17,19,22H,8-9,11-14H2,1H3/t19-/m1/s1. The molecular formula is C21H25N3O3. The Morgan fingerprint density at radius 2 is 2.00 bits per heavy atom. The summed E-state index contributed by atoms with van der Waals surface area (Å²) in [6.45, 7) is 2.95. The molecule has 1 saturated heterocycles. The number of ether oxygens (including phenoxy) is 2. The van der Waals surface area contributed by atoms with Gasteiger partial charge in [-0.05, 0) is 49.2 Å². The minimum atomic E-state index is -0.171. The van der Waals surface area contributed by atoms with E-state index in [2.05, 4.69) is 22.4 Å². The van der Waals surface area contributed by atoms with Gasteiger partial charge in [0.05, 0.1) is 0 Å². The number of carbonyl (C=O) groups is 1. The lowest BCUT2D eigenvalue weighted by molar-refractivity contribution is -0.135. The smallest absolute Gasteiger partial charge is 0.257 e. The summed E-state index contributed by atoms with van der Waals surface area (Å²) >= 11 is 0. The molecule has 4 rings (SSSR count). The lowest BCUT2D eigenvalue weighted by Gasteiger charge is -2.27. The van der Waals surface area contributed by atoms with Crippen molar-refractivity contribution in [2.24, 2.45) is 5.92 Å². The molecule has 3 heterocycles. The molecule has 0 saturated carbocycles. The van der Waals surface area contributed by atoms with Gasteiger partial charge >= 0.3 is 0 Å². The van der Waals surface area contributed by atoms with Crippen LogP contribution in [0.2, 0.25) is 0 Å². The van der Waals surface area contributed by atoms with Gasteiger partial charge in [0.25, 0.3) is 5.88 Å². The maximum atomic E-state index is 12.6. The van der Waals surface area contributed by atoms with Gasteiger partial charge in [0.1, 0.15) is 6.61 Å². The first-order valence-corrected chi connectivity index (χ1v) is 9.50. The Morgan fingerprint density at radius 1 is 1.22 bits per heavy atom. The molecule has 2 aromatic rings. The van der Waals surface area contributed by atoms with Crippen LogP contribution in [0.1, 0.15) is 30.1 Å². The molecule has 0 aliphatic carbocycles. The normalized spacial score (nSPS) is 19.5. The maximum Gasteiger partial charge on any atom is 0.257 e. The number of benzene rings is 1. The molecule has 1 aromatic heterocycles. The van der Waals surface area contributed by atoms with E-state index in [1.54, 1.807) is 6.20 Å². The molecule has 0 bridgehead atoms. The number of hydrogen-bond donors (Lipinski definition) is 1. The van der Waals surface area contributed by atoms with Crippen LogP contribution in [0.15, 0.2) is 42.6 Å². The zero-order chi connectivity index (χ0) is 18.6. The summed E-state index contributed by atoms with van der Waals surface area (Å²) in [5, 5.41) is 3.30. The van der Waals surface area contributed by atoms with Crippen LogP contribution in [0.3, 0.4) is 0 Å². The lowest BCUT2D eigenvalue weighted by Crippen LogP contribution is -2.38. The number of aromatic nitrogens is 1. The molecule has 0 radical (unpaired) electrons. The number of amides is 1. The number of pyridine rings is 1. The highest BCUT2D eigenvalue weighted by atomic mass is 16.6. The third-order valence-electron chi connectivity index (χ3n) is 5.22. The van der Waals surface area contributed by atoms with Gasteiger partial charge in [0.2, 0.25) is 5.91 Å². The van der Waals surface area contributed by atoms with Crippen molar-refractivity contribution in [2.75, 3.05) is 26.7 Å². The van der Waals surface area contributed by atoms with Crippen molar-refractivity contribution in [2.45, 2.75) is 25.5 Å². The quantitative estimate of drug-likeness (QED) is 0.900. The van der Waals surface area contributed by atoms with Gasteiger partial charge in [-0.1, -0.05) is 24.3 Å². The van der Waals surface area contributed by atoms with Crippen molar-refractivity contribution < 1.29 is 14.3 Å². The van der Waals surface area contributed by atoms with Gasteiger partial charge in [0.15, 0.2) is 11.9 Å². The predicted octanol–water partition coefficient (Wildman–Crippen LogP) is 2.55. The molecule has 1 amide bonds. The molecule has 6 heteroatoms. The van der Waals surface area contributed by atoms with Crippen molar-refractivity contribution in [1.29, 1.82) is 0 Å². The Balaban J connectivity index is 1.37. The monoisotopic (exact) mass is 367 g/mol. The summed E-state index contributed by atoms with van der Waals surface area (Å²) in [5.74, 6) is 1.61. The molecule has 1 atom stereocenters. The average molecular weight is 367 g/mol. The highest BCUT2D eigenvalue weighted by molar-refractivity contribution is 5.78. The molecule has 2 aliphatic heterocycles. The fraction of sp³-hybridized carbons (Fsp3) is 0.429. The minimum absolute atomic E-state index is 0.149. The van der Waals surface area contributed by atoms with Crippen LogP contribution in [0, 0.1) is 5.92 Å². The first-order valence-electron chi connectivity index (χ1n) is 9.50. The molecule has 1 fully saturated rings. The number of piperidine rings is 1. The number of rotatable bonds is 4. The Labute approximate surface area is 159 Å². The van der Waals surface area contributed by atoms with E-state index in [0.717, 1.165) is 37.1 Å². The van der Waals surface area contributed by atoms with Crippen molar-refractivity contribution >= 4 is 5.91 Å². The second-order valence-electron chi connectivity index (χ2n) is 7.18. The maximum absolute atomic E-state index is 12.6. The largest absolute Gasteiger partial charge is 0.484 e. The van der Waals surface area contributed by atoms with Crippen LogP contribution in [0.5, 0.6) is 11.6 Å². The number of carbonyl (C=O) groups excluding carboxylic acids is 1. The van der Waals surface area contributed by atoms with Gasteiger partial charge in [-0.25, -0.2) is 4.98 Å². The molecular weight excluding hydrogens is 342 g/mol. The van der Waals surface area contributed by atoms with E-state index in [-0.39, 0.29) is 17.9 Å². The minimum Gasteiger partial charge on any atom is -0.484 e. The van der Waals surface area contributed by atoms with Crippen LogP contribution < -0.4 is 14.8 Å². The molecule has 6 nitrogen and oxygen atoms in total. The van der Waals surface area contributed by atoms with E-state index < -0.39 is 0 Å². The first kappa shape index (κ1) is 17.8. The molecule has 142 valence electrons. The average Bonchev–Trinajstić information content (AvgIpc) is 2.74. The zero-order valence-corrected chi connectivity index (χ0v) is 15.6. The van der Waals surface area contributed by atoms with E-state index in [1.807, 2.05) is 36.2 Å². The second-order valence-corrected chi connectivity index (χ2v) is 7.18. The highest BCUT2D eigenvalue weighted by Crippen LogP contribution is 2.34. The van der Waals surface area contributed by atoms with Crippen LogP contribution in [0.25, 0.3) is 0 Å². The van der Waals surface area contributed by atoms with Gasteiger partial charge in [-0.2, -0.15) is 0 Å². The topological polar surface area (TPSA) is 63.7 Å². The van der Waals surface area contributed by atoms with Crippen molar-refractivity contribution in [1.82, 2.24) is 15.2 Å². The number of nitrogens with zero attached hydrogens (tertiary/aromatic N) is 2. The summed E-state index contributed by atoms with van der Waals surface area (Å²) < 4.78 is 11.7. The number of fused-ring (bicyclic) bond motifs is 1. The van der Waals surface area contributed by atoms with Gasteiger partial charge in [-0.3, -0.25) is 4.79 Å². The van der Waals surface area contributed by atoms with E-state index in [4.69, 9.17) is 9.47 Å². The second kappa shape index (κ2) is 7.96. The summed E-state index contributed by atoms with van der Waals surface area (Å²) in [5.41, 5.74) is 2.15. The van der Waals surface area contributed by atoms with E-state index >= 15 is 0 Å². The lowest BCUT2D eigenvalue weighted by atomic mass is 9.96. The van der Waals surface area contributed by atoms with Crippen LogP contribution in [-0.2, 0) is 11.3 Å². The third-order valence-corrected chi connectivity index (χ3v) is 5.22. The van der Waals surface area contributed by atoms with E-state index in [1.165, 1.54) is 0 Å². The molecule has 0 unspecified atom stereocenters. The summed E-state index contributed by atoms with van der Waals surface area (Å²) in [6, 6.07) is 11.9. The predicted molar refractivity (Wildman–Crippen MR) is 102 cm³/mol. The Bertz CT molecular complexity index is 788. The zero-order valence-electron chi connectivity index (χ0n) is 15.6. The molecule has 0 spiro atoms. The Kier molecular flexibility index (Phi) is 5.25. The van der Waals surface area contributed by atoms with Crippen molar-refractivity contribution in [3.8, 4) is 11.6 Å². The summed E-state index contributed by atoms with van der Waals surface area (Å²) in [4.78, 5) is 18.6. The van der Waals surface area contributed by atoms with E-state index in [0.29, 0.717) is 24.8 Å². The van der Waals surface area contributed by atoms with Crippen LogP contribution in [-0.4, -0.2) is 42.5 Å². The SMILES string of the molecule is CN(Cc1ccc([C@H]2COc3cccnc3O2)cc1)C(=O)C1CCNCC1. The summed E-state index contributed by atoms with van der Waals surface area (Å²) in [7, 11) is 1.89. The van der Waals surface area contributed by atoms with Gasteiger partial charge in [-0.15, -0.1) is 0 Å². The fourth-order valence-corrected chi connectivity index (χ4v) is 3.64. The molecule has 1 aromatic carbocycles. The van der Waals surface area contributed by atoms with Crippen LogP contribution >= 0.6 is 0 Å². The summed E-state index contributed by atoms with van der Waals surface area (Å²) in [6.07, 6.45) is 3.38. The fourth-order valence-electron chi connectivity index (χ4n) is 3.64. The molecule has 1 N–H and O–H groups in total. The third kappa shape index (κ3) is 4.06. The van der Waals surface area contributed by atoms with Crippen LogP contribution in [0.4, 0.5) is 0 Å². The van der Waals surface area contributed by atoms with Crippen molar-refractivity contribution in [3.63, 3.8) is 0 Å². The first-order chi connectivity index (χ1) is 13.2. The molecule has 2 aliphatic rings. The highest BCUT2D eigenvalue weighted by Gasteiger charge is 2.25. The van der Waals surface area contributed by atoms with Gasteiger partial charge < -0.3 is 19.7 Å². The van der Waals surface area contributed by atoms with Gasteiger partial charge in [0, 0.05) is 25.7 Å². The van der Waals surface area contributed by atoms with Crippen molar-refractivity contribution in [3.05, 3.63) is 53.7 Å². The Morgan fingerprint density at radius 3 is 2.78 bits per heavy atom. The Hall–Kier alpha value is -2.60. The molecule has 27 heavy (non-hydrogen) atoms. The van der Waals surface area contributed by atoms with E-state index in [9.17, 15) is 4.79 Å². The number of hydrogen-bond acceptors (Lipinski definition) is 5.